The number of aliphatic hydroxyl groups is 1. The maximum atomic E-state index is 14.7. The minimum atomic E-state index is -0.278. The van der Waals surface area contributed by atoms with E-state index >= 15 is 0 Å². The molecule has 9 heteroatoms. The summed E-state index contributed by atoms with van der Waals surface area (Å²) >= 11 is 0. The summed E-state index contributed by atoms with van der Waals surface area (Å²) in [6.07, 6.45) is 2.55. The van der Waals surface area contributed by atoms with Gasteiger partial charge in [-0.1, -0.05) is 6.07 Å². The Hall–Kier alpha value is -1.62. The number of likely N-dealkylation sites (tertiary alicyclic amines) is 1. The van der Waals surface area contributed by atoms with E-state index in [0.717, 1.165) is 44.0 Å². The lowest BCUT2D eigenvalue weighted by Crippen LogP contribution is -2.46. The maximum absolute atomic E-state index is 14.7. The number of hydrogen-bond donors (Lipinski definition) is 2. The number of esters is 1. The van der Waals surface area contributed by atoms with Crippen molar-refractivity contribution >= 4 is 41.6 Å². The van der Waals surface area contributed by atoms with Crippen LogP contribution in [0, 0.1) is 11.7 Å². The molecule has 2 saturated heterocycles. The minimum Gasteiger partial charge on any atom is -0.469 e. The van der Waals surface area contributed by atoms with Gasteiger partial charge in [0.1, 0.15) is 5.82 Å². The van der Waals surface area contributed by atoms with Crippen LogP contribution in [-0.4, -0.2) is 67.9 Å². The second kappa shape index (κ2) is 12.4. The average molecular weight is 548 g/mol. The highest BCUT2D eigenvalue weighted by Gasteiger charge is 2.27. The van der Waals surface area contributed by atoms with Crippen LogP contribution in [0.3, 0.4) is 0 Å². The summed E-state index contributed by atoms with van der Waals surface area (Å²) in [6.45, 7) is 5.95. The zero-order valence-corrected chi connectivity index (χ0v) is 20.7. The van der Waals surface area contributed by atoms with Gasteiger partial charge in [0, 0.05) is 32.7 Å². The summed E-state index contributed by atoms with van der Waals surface area (Å²) in [5, 5.41) is 12.9. The first-order valence-corrected chi connectivity index (χ1v) is 10.8. The van der Waals surface area contributed by atoms with E-state index in [1.165, 1.54) is 7.11 Å². The van der Waals surface area contributed by atoms with Gasteiger partial charge in [-0.15, -0.1) is 24.0 Å². The van der Waals surface area contributed by atoms with Crippen LogP contribution in [0.4, 0.5) is 10.1 Å². The molecule has 0 spiro atoms. The number of aliphatic imine (C=N–C) groups is 1. The number of piperidine rings is 2. The molecule has 1 aromatic carbocycles. The highest BCUT2D eigenvalue weighted by molar-refractivity contribution is 14.0. The van der Waals surface area contributed by atoms with Crippen molar-refractivity contribution in [3.05, 3.63) is 29.6 Å². The van der Waals surface area contributed by atoms with Crippen LogP contribution in [-0.2, 0) is 16.1 Å². The third-order valence-electron chi connectivity index (χ3n) is 5.89. The molecule has 2 aliphatic rings. The lowest BCUT2D eigenvalue weighted by Gasteiger charge is -2.33. The predicted molar refractivity (Wildman–Crippen MR) is 130 cm³/mol. The number of rotatable bonds is 5. The third kappa shape index (κ3) is 6.93. The molecule has 0 radical (unpaired) electrons. The van der Waals surface area contributed by atoms with Crippen molar-refractivity contribution in [1.82, 2.24) is 10.2 Å². The molecule has 2 aliphatic heterocycles. The average Bonchev–Trinajstić information content (AvgIpc) is 2.77. The van der Waals surface area contributed by atoms with Gasteiger partial charge in [0.15, 0.2) is 5.96 Å². The first kappa shape index (κ1) is 25.6. The number of halogens is 2. The normalized spacial score (nSPS) is 18.5. The molecule has 174 valence electrons. The Morgan fingerprint density at radius 2 is 1.90 bits per heavy atom. The van der Waals surface area contributed by atoms with Crippen molar-refractivity contribution in [2.45, 2.75) is 45.3 Å². The van der Waals surface area contributed by atoms with E-state index in [-0.39, 0.29) is 47.8 Å². The number of nitrogens with zero attached hydrogens (tertiary/aromatic N) is 3. The molecule has 0 aromatic heterocycles. The Labute approximate surface area is 201 Å². The smallest absolute Gasteiger partial charge is 0.308 e. The second-order valence-electron chi connectivity index (χ2n) is 7.96. The fraction of sp³-hybridized carbons (Fsp3) is 0.636. The van der Waals surface area contributed by atoms with Gasteiger partial charge >= 0.3 is 5.97 Å². The zero-order valence-electron chi connectivity index (χ0n) is 18.3. The van der Waals surface area contributed by atoms with Gasteiger partial charge in [0.05, 0.1) is 31.4 Å². The van der Waals surface area contributed by atoms with Gasteiger partial charge in [-0.2, -0.15) is 0 Å². The Morgan fingerprint density at radius 1 is 1.23 bits per heavy atom. The largest absolute Gasteiger partial charge is 0.469 e. The van der Waals surface area contributed by atoms with Crippen LogP contribution >= 0.6 is 24.0 Å². The number of hydrogen-bond acceptors (Lipinski definition) is 5. The minimum absolute atomic E-state index is 0. The number of guanidine groups is 1. The van der Waals surface area contributed by atoms with Crippen LogP contribution in [0.25, 0.3) is 0 Å². The molecular weight excluding hydrogens is 514 g/mol. The van der Waals surface area contributed by atoms with Crippen molar-refractivity contribution in [1.29, 1.82) is 0 Å². The zero-order chi connectivity index (χ0) is 21.5. The van der Waals surface area contributed by atoms with Crippen LogP contribution in [0.2, 0.25) is 0 Å². The van der Waals surface area contributed by atoms with Crippen molar-refractivity contribution in [2.24, 2.45) is 10.9 Å². The summed E-state index contributed by atoms with van der Waals surface area (Å²) in [7, 11) is 1.43. The molecule has 2 N–H and O–H groups in total. The first-order valence-electron chi connectivity index (χ1n) is 10.8. The van der Waals surface area contributed by atoms with Gasteiger partial charge in [0.2, 0.25) is 0 Å². The molecule has 0 amide bonds. The number of carbonyl (C=O) groups excluding carboxylic acids is 1. The number of benzene rings is 1. The maximum Gasteiger partial charge on any atom is 0.308 e. The molecule has 0 saturated carbocycles. The molecule has 2 fully saturated rings. The van der Waals surface area contributed by atoms with E-state index in [4.69, 9.17) is 9.73 Å². The molecular formula is C22H34FIN4O3. The number of anilines is 1. The standard InChI is InChI=1S/C22H33FN4O3.HI/c1-3-24-22(27-10-6-17(7-11-27)21(29)30-2)25-15-16-4-5-20(19(23)14-16)26-12-8-18(28)9-13-26;/h4-5,14,17-18,28H,3,6-13,15H2,1-2H3,(H,24,25);1H. The number of carbonyl (C=O) groups is 1. The fourth-order valence-electron chi connectivity index (χ4n) is 4.10. The number of aliphatic hydroxyl groups excluding tert-OH is 1. The molecule has 7 nitrogen and oxygen atoms in total. The quantitative estimate of drug-likeness (QED) is 0.255. The molecule has 31 heavy (non-hydrogen) atoms. The summed E-state index contributed by atoms with van der Waals surface area (Å²) < 4.78 is 19.5. The Bertz CT molecular complexity index is 748. The summed E-state index contributed by atoms with van der Waals surface area (Å²) in [6, 6.07) is 5.28. The molecule has 2 heterocycles. The van der Waals surface area contributed by atoms with Crippen LogP contribution in [0.15, 0.2) is 23.2 Å². The van der Waals surface area contributed by atoms with Gasteiger partial charge in [-0.05, 0) is 50.3 Å². The lowest BCUT2D eigenvalue weighted by atomic mass is 9.97. The van der Waals surface area contributed by atoms with Gasteiger partial charge in [-0.25, -0.2) is 9.38 Å². The highest BCUT2D eigenvalue weighted by Crippen LogP contribution is 2.25. The van der Waals surface area contributed by atoms with E-state index in [9.17, 15) is 14.3 Å². The van der Waals surface area contributed by atoms with E-state index in [0.29, 0.717) is 38.2 Å². The van der Waals surface area contributed by atoms with Crippen LogP contribution in [0.5, 0.6) is 0 Å². The van der Waals surface area contributed by atoms with E-state index < -0.39 is 0 Å². The SMILES string of the molecule is CCNC(=NCc1ccc(N2CCC(O)CC2)c(F)c1)N1CCC(C(=O)OC)CC1.I. The number of ether oxygens (including phenoxy) is 1. The third-order valence-corrected chi connectivity index (χ3v) is 5.89. The predicted octanol–water partition coefficient (Wildman–Crippen LogP) is 2.76. The van der Waals surface area contributed by atoms with Crippen molar-refractivity contribution in [3.63, 3.8) is 0 Å². The first-order chi connectivity index (χ1) is 14.5. The molecule has 1 aromatic rings. The topological polar surface area (TPSA) is 77.4 Å². The van der Waals surface area contributed by atoms with E-state index in [1.54, 1.807) is 6.07 Å². The summed E-state index contributed by atoms with van der Waals surface area (Å²) in [5.74, 6) is 0.348. The van der Waals surface area contributed by atoms with Gasteiger partial charge < -0.3 is 25.0 Å². The molecule has 0 unspecified atom stereocenters. The van der Waals surface area contributed by atoms with Crippen molar-refractivity contribution in [3.8, 4) is 0 Å². The Balaban J connectivity index is 0.00000341. The van der Waals surface area contributed by atoms with Crippen molar-refractivity contribution < 1.29 is 19.0 Å². The fourth-order valence-corrected chi connectivity index (χ4v) is 4.10. The van der Waals surface area contributed by atoms with E-state index in [1.807, 2.05) is 24.0 Å². The van der Waals surface area contributed by atoms with Gasteiger partial charge in [0.25, 0.3) is 0 Å². The highest BCUT2D eigenvalue weighted by atomic mass is 127. The lowest BCUT2D eigenvalue weighted by molar-refractivity contribution is -0.146. The Kier molecular flexibility index (Phi) is 10.3. The van der Waals surface area contributed by atoms with Crippen LogP contribution in [0.1, 0.15) is 38.2 Å². The molecule has 0 aliphatic carbocycles. The molecule has 0 bridgehead atoms. The van der Waals surface area contributed by atoms with E-state index in [2.05, 4.69) is 10.2 Å². The number of methoxy groups -OCH3 is 1. The number of nitrogens with one attached hydrogen (secondary N) is 1. The van der Waals surface area contributed by atoms with Gasteiger partial charge in [-0.3, -0.25) is 4.79 Å². The monoisotopic (exact) mass is 548 g/mol. The molecule has 0 atom stereocenters. The summed E-state index contributed by atoms with van der Waals surface area (Å²) in [5.41, 5.74) is 1.40. The van der Waals surface area contributed by atoms with Crippen molar-refractivity contribution in [2.75, 3.05) is 44.7 Å². The Morgan fingerprint density at radius 3 is 2.48 bits per heavy atom. The summed E-state index contributed by atoms with van der Waals surface area (Å²) in [4.78, 5) is 20.6. The molecule has 3 rings (SSSR count). The van der Waals surface area contributed by atoms with Crippen LogP contribution < -0.4 is 10.2 Å². The second-order valence-corrected chi connectivity index (χ2v) is 7.96.